The zero-order valence-electron chi connectivity index (χ0n) is 7.87. The van der Waals surface area contributed by atoms with Crippen LogP contribution in [0.1, 0.15) is 18.9 Å². The average molecular weight is 192 g/mol. The largest absolute Gasteiger partial charge is 0.508 e. The van der Waals surface area contributed by atoms with Crippen molar-refractivity contribution in [2.45, 2.75) is 18.9 Å². The summed E-state index contributed by atoms with van der Waals surface area (Å²) in [5, 5.41) is 9.13. The molecular formula is C10H12N2O2. The van der Waals surface area contributed by atoms with Gasteiger partial charge in [0.1, 0.15) is 5.75 Å². The van der Waals surface area contributed by atoms with E-state index >= 15 is 0 Å². The van der Waals surface area contributed by atoms with Crippen LogP contribution in [0.3, 0.4) is 0 Å². The first-order valence-electron chi connectivity index (χ1n) is 4.46. The molecule has 1 aliphatic heterocycles. The second-order valence-electron chi connectivity index (χ2n) is 3.73. The van der Waals surface area contributed by atoms with E-state index in [0.717, 1.165) is 5.56 Å². The highest BCUT2D eigenvalue weighted by atomic mass is 16.3. The molecule has 1 atom stereocenters. The summed E-state index contributed by atoms with van der Waals surface area (Å²) in [4.78, 5) is 11.1. The molecule has 1 saturated heterocycles. The lowest BCUT2D eigenvalue weighted by atomic mass is 9.90. The number of carbonyl (C=O) groups excluding carboxylic acids is 1. The highest BCUT2D eigenvalue weighted by molar-refractivity contribution is 5.79. The van der Waals surface area contributed by atoms with Crippen molar-refractivity contribution in [3.63, 3.8) is 0 Å². The van der Waals surface area contributed by atoms with E-state index in [2.05, 4.69) is 10.9 Å². The molecule has 0 aliphatic carbocycles. The summed E-state index contributed by atoms with van der Waals surface area (Å²) in [5.41, 5.74) is 6.12. The summed E-state index contributed by atoms with van der Waals surface area (Å²) in [5.74, 6) is 0.218. The molecule has 4 nitrogen and oxygen atoms in total. The van der Waals surface area contributed by atoms with E-state index in [1.807, 2.05) is 19.1 Å². The number of aromatic hydroxyl groups is 1. The molecule has 0 radical (unpaired) electrons. The van der Waals surface area contributed by atoms with Crippen molar-refractivity contribution in [1.29, 1.82) is 0 Å². The van der Waals surface area contributed by atoms with E-state index in [9.17, 15) is 4.79 Å². The number of nitrogens with one attached hydrogen (secondary N) is 2. The summed E-state index contributed by atoms with van der Waals surface area (Å²) >= 11 is 0. The number of hydrogen-bond acceptors (Lipinski definition) is 3. The maximum absolute atomic E-state index is 11.1. The van der Waals surface area contributed by atoms with Crippen LogP contribution >= 0.6 is 0 Å². The normalized spacial score (nSPS) is 26.2. The Labute approximate surface area is 81.9 Å². The molecule has 0 bridgehead atoms. The maximum atomic E-state index is 11.1. The minimum atomic E-state index is -0.370. The molecule has 1 unspecified atom stereocenters. The van der Waals surface area contributed by atoms with Crippen LogP contribution in [0, 0.1) is 0 Å². The molecule has 1 aromatic carbocycles. The number of rotatable bonds is 1. The van der Waals surface area contributed by atoms with Gasteiger partial charge in [0.25, 0.3) is 0 Å². The second kappa shape index (κ2) is 2.99. The van der Waals surface area contributed by atoms with Gasteiger partial charge in [-0.15, -0.1) is 0 Å². The first kappa shape index (κ1) is 9.02. The average Bonchev–Trinajstić information content (AvgIpc) is 2.48. The van der Waals surface area contributed by atoms with Gasteiger partial charge in [-0.25, -0.2) is 5.43 Å². The Hall–Kier alpha value is -1.55. The van der Waals surface area contributed by atoms with E-state index in [1.165, 1.54) is 0 Å². The molecule has 1 aromatic rings. The van der Waals surface area contributed by atoms with Gasteiger partial charge in [-0.2, -0.15) is 0 Å². The third kappa shape index (κ3) is 1.44. The van der Waals surface area contributed by atoms with Crippen LogP contribution in [0.15, 0.2) is 24.3 Å². The van der Waals surface area contributed by atoms with Crippen LogP contribution in [-0.2, 0) is 10.3 Å². The van der Waals surface area contributed by atoms with Gasteiger partial charge in [0.15, 0.2) is 0 Å². The molecule has 4 heteroatoms. The first-order valence-corrected chi connectivity index (χ1v) is 4.46. The molecule has 0 saturated carbocycles. The molecule has 1 aliphatic rings. The standard InChI is InChI=1S/C10H12N2O2/c1-10(6-9(14)11-12-10)7-2-4-8(13)5-3-7/h2-5,12-13H,6H2,1H3,(H,11,14). The Morgan fingerprint density at radius 3 is 2.50 bits per heavy atom. The van der Waals surface area contributed by atoms with Gasteiger partial charge in [0.2, 0.25) is 5.91 Å². The molecule has 1 amide bonds. The van der Waals surface area contributed by atoms with E-state index in [4.69, 9.17) is 5.11 Å². The van der Waals surface area contributed by atoms with Gasteiger partial charge in [-0.3, -0.25) is 10.2 Å². The Kier molecular flexibility index (Phi) is 1.93. The van der Waals surface area contributed by atoms with Crippen molar-refractivity contribution in [1.82, 2.24) is 10.9 Å². The maximum Gasteiger partial charge on any atom is 0.236 e. The monoisotopic (exact) mass is 192 g/mol. The Morgan fingerprint density at radius 2 is 2.00 bits per heavy atom. The third-order valence-electron chi connectivity index (χ3n) is 2.50. The number of carbonyl (C=O) groups is 1. The van der Waals surface area contributed by atoms with Crippen LogP contribution in [0.5, 0.6) is 5.75 Å². The zero-order valence-corrected chi connectivity index (χ0v) is 7.87. The minimum Gasteiger partial charge on any atom is -0.508 e. The molecule has 2 rings (SSSR count). The van der Waals surface area contributed by atoms with Crippen molar-refractivity contribution in [2.75, 3.05) is 0 Å². The number of amides is 1. The van der Waals surface area contributed by atoms with Crippen LogP contribution < -0.4 is 10.9 Å². The molecule has 0 aromatic heterocycles. The first-order chi connectivity index (χ1) is 6.60. The summed E-state index contributed by atoms with van der Waals surface area (Å²) < 4.78 is 0. The van der Waals surface area contributed by atoms with Gasteiger partial charge in [-0.05, 0) is 24.6 Å². The van der Waals surface area contributed by atoms with E-state index in [-0.39, 0.29) is 17.2 Å². The van der Waals surface area contributed by atoms with Crippen molar-refractivity contribution in [3.05, 3.63) is 29.8 Å². The number of hydrogen-bond donors (Lipinski definition) is 3. The van der Waals surface area contributed by atoms with Gasteiger partial charge in [0.05, 0.1) is 12.0 Å². The number of phenols is 1. The molecule has 74 valence electrons. The van der Waals surface area contributed by atoms with Crippen LogP contribution in [0.2, 0.25) is 0 Å². The van der Waals surface area contributed by atoms with Crippen LogP contribution in [-0.4, -0.2) is 11.0 Å². The summed E-state index contributed by atoms with van der Waals surface area (Å²) in [6.45, 7) is 1.94. The van der Waals surface area contributed by atoms with Gasteiger partial charge in [-0.1, -0.05) is 12.1 Å². The number of phenolic OH excluding ortho intramolecular Hbond substituents is 1. The van der Waals surface area contributed by atoms with Gasteiger partial charge in [0, 0.05) is 0 Å². The summed E-state index contributed by atoms with van der Waals surface area (Å²) in [6.07, 6.45) is 0.414. The van der Waals surface area contributed by atoms with Crippen molar-refractivity contribution in [3.8, 4) is 5.75 Å². The fourth-order valence-corrected chi connectivity index (χ4v) is 1.62. The fraction of sp³-hybridized carbons (Fsp3) is 0.300. The van der Waals surface area contributed by atoms with Gasteiger partial charge < -0.3 is 5.11 Å². The minimum absolute atomic E-state index is 0.0134. The Bertz CT molecular complexity index is 361. The van der Waals surface area contributed by atoms with E-state index in [1.54, 1.807) is 12.1 Å². The predicted octanol–water partition coefficient (Wildman–Crippen LogP) is 0.632. The lowest BCUT2D eigenvalue weighted by molar-refractivity contribution is -0.119. The SMILES string of the molecule is CC1(c2ccc(O)cc2)CC(=O)NN1. The number of benzene rings is 1. The highest BCUT2D eigenvalue weighted by Crippen LogP contribution is 2.27. The van der Waals surface area contributed by atoms with E-state index < -0.39 is 0 Å². The highest BCUT2D eigenvalue weighted by Gasteiger charge is 2.34. The molecule has 3 N–H and O–H groups in total. The quantitative estimate of drug-likeness (QED) is 0.611. The summed E-state index contributed by atoms with van der Waals surface area (Å²) in [7, 11) is 0. The smallest absolute Gasteiger partial charge is 0.236 e. The number of hydrazine groups is 1. The topological polar surface area (TPSA) is 61.4 Å². The Morgan fingerprint density at radius 1 is 1.36 bits per heavy atom. The zero-order chi connectivity index (χ0) is 10.2. The van der Waals surface area contributed by atoms with Crippen molar-refractivity contribution >= 4 is 5.91 Å². The van der Waals surface area contributed by atoms with Crippen LogP contribution in [0.25, 0.3) is 0 Å². The van der Waals surface area contributed by atoms with Gasteiger partial charge >= 0.3 is 0 Å². The fourth-order valence-electron chi connectivity index (χ4n) is 1.62. The summed E-state index contributed by atoms with van der Waals surface area (Å²) in [6, 6.07) is 6.85. The lowest BCUT2D eigenvalue weighted by Gasteiger charge is -2.22. The lowest BCUT2D eigenvalue weighted by Crippen LogP contribution is -2.38. The molecular weight excluding hydrogens is 180 g/mol. The van der Waals surface area contributed by atoms with E-state index in [0.29, 0.717) is 6.42 Å². The molecule has 1 fully saturated rings. The van der Waals surface area contributed by atoms with Crippen molar-refractivity contribution < 1.29 is 9.90 Å². The molecule has 14 heavy (non-hydrogen) atoms. The predicted molar refractivity (Wildman–Crippen MR) is 51.4 cm³/mol. The third-order valence-corrected chi connectivity index (χ3v) is 2.50. The molecule has 1 heterocycles. The second-order valence-corrected chi connectivity index (χ2v) is 3.73. The Balaban J connectivity index is 2.30. The van der Waals surface area contributed by atoms with Crippen molar-refractivity contribution in [2.24, 2.45) is 0 Å². The van der Waals surface area contributed by atoms with Crippen LogP contribution in [0.4, 0.5) is 0 Å². The molecule has 0 spiro atoms.